The molecule has 106 valence electrons. The smallest absolute Gasteiger partial charge is 0.123 e. The lowest BCUT2D eigenvalue weighted by Crippen LogP contribution is -2.31. The van der Waals surface area contributed by atoms with Crippen LogP contribution in [0.15, 0.2) is 54.6 Å². The molecule has 0 spiro atoms. The largest absolute Gasteiger partial charge is 0.391 e. The van der Waals surface area contributed by atoms with Gasteiger partial charge in [-0.25, -0.2) is 4.39 Å². The average molecular weight is 273 g/mol. The molecule has 0 aliphatic carbocycles. The van der Waals surface area contributed by atoms with Gasteiger partial charge in [-0.1, -0.05) is 30.3 Å². The summed E-state index contributed by atoms with van der Waals surface area (Å²) >= 11 is 0. The Kier molecular flexibility index (Phi) is 5.13. The molecule has 0 amide bonds. The Bertz CT molecular complexity index is 512. The standard InChI is InChI=1S/C17H20FNO/c1-13(19-16-10-8-15(18)9-11-16)17(20)12-7-14-5-3-2-4-6-14/h2-6,8-11,13,17,19-20H,7,12H2,1H3/t13-,17-/m1/s1. The second-order valence-electron chi connectivity index (χ2n) is 5.03. The van der Waals surface area contributed by atoms with Crippen LogP contribution in [0.4, 0.5) is 10.1 Å². The zero-order valence-corrected chi connectivity index (χ0v) is 11.6. The Hall–Kier alpha value is -1.87. The average Bonchev–Trinajstić information content (AvgIpc) is 2.48. The molecule has 0 heterocycles. The second kappa shape index (κ2) is 7.06. The van der Waals surface area contributed by atoms with Crippen LogP contribution in [-0.2, 0) is 6.42 Å². The summed E-state index contributed by atoms with van der Waals surface area (Å²) in [5.74, 6) is -0.257. The second-order valence-corrected chi connectivity index (χ2v) is 5.03. The summed E-state index contributed by atoms with van der Waals surface area (Å²) in [6.07, 6.45) is 1.09. The zero-order chi connectivity index (χ0) is 14.4. The van der Waals surface area contributed by atoms with Gasteiger partial charge in [0, 0.05) is 11.7 Å². The molecule has 0 aliphatic rings. The minimum atomic E-state index is -0.444. The van der Waals surface area contributed by atoms with Crippen molar-refractivity contribution in [2.75, 3.05) is 5.32 Å². The molecule has 0 aromatic heterocycles. The Labute approximate surface area is 119 Å². The topological polar surface area (TPSA) is 32.3 Å². The highest BCUT2D eigenvalue weighted by molar-refractivity contribution is 5.43. The van der Waals surface area contributed by atoms with E-state index in [0.29, 0.717) is 6.42 Å². The van der Waals surface area contributed by atoms with Gasteiger partial charge >= 0.3 is 0 Å². The number of aliphatic hydroxyl groups is 1. The summed E-state index contributed by atoms with van der Waals surface area (Å²) in [5.41, 5.74) is 2.04. The van der Waals surface area contributed by atoms with E-state index in [1.54, 1.807) is 12.1 Å². The number of aryl methyl sites for hydroxylation is 1. The van der Waals surface area contributed by atoms with Crippen LogP contribution in [0.1, 0.15) is 18.9 Å². The van der Waals surface area contributed by atoms with Gasteiger partial charge < -0.3 is 10.4 Å². The first-order chi connectivity index (χ1) is 9.65. The number of aliphatic hydroxyl groups excluding tert-OH is 1. The molecule has 2 aromatic rings. The van der Waals surface area contributed by atoms with Crippen molar-refractivity contribution in [3.8, 4) is 0 Å². The van der Waals surface area contributed by atoms with E-state index in [-0.39, 0.29) is 11.9 Å². The number of nitrogens with one attached hydrogen (secondary N) is 1. The zero-order valence-electron chi connectivity index (χ0n) is 11.6. The van der Waals surface area contributed by atoms with Gasteiger partial charge in [-0.2, -0.15) is 0 Å². The first kappa shape index (κ1) is 14.5. The molecule has 0 saturated heterocycles. The Balaban J connectivity index is 1.82. The van der Waals surface area contributed by atoms with Crippen LogP contribution in [0.2, 0.25) is 0 Å². The number of halogens is 1. The fourth-order valence-electron chi connectivity index (χ4n) is 2.11. The van der Waals surface area contributed by atoms with Crippen molar-refractivity contribution in [2.45, 2.75) is 31.9 Å². The van der Waals surface area contributed by atoms with Gasteiger partial charge in [0.05, 0.1) is 6.10 Å². The van der Waals surface area contributed by atoms with Crippen LogP contribution in [0, 0.1) is 5.82 Å². The maximum absolute atomic E-state index is 12.8. The van der Waals surface area contributed by atoms with E-state index >= 15 is 0 Å². The minimum Gasteiger partial charge on any atom is -0.391 e. The number of hydrogen-bond acceptors (Lipinski definition) is 2. The third-order valence-corrected chi connectivity index (χ3v) is 3.39. The Morgan fingerprint density at radius 1 is 1.05 bits per heavy atom. The third kappa shape index (κ3) is 4.35. The molecule has 2 nitrogen and oxygen atoms in total. The van der Waals surface area contributed by atoms with Crippen LogP contribution in [0.5, 0.6) is 0 Å². The molecule has 0 unspecified atom stereocenters. The molecule has 3 heteroatoms. The predicted octanol–water partition coefficient (Wildman–Crippen LogP) is 3.62. The van der Waals surface area contributed by atoms with Crippen LogP contribution in [-0.4, -0.2) is 17.3 Å². The van der Waals surface area contributed by atoms with E-state index in [0.717, 1.165) is 12.1 Å². The van der Waals surface area contributed by atoms with E-state index in [4.69, 9.17) is 0 Å². The van der Waals surface area contributed by atoms with Gasteiger partial charge in [0.15, 0.2) is 0 Å². The van der Waals surface area contributed by atoms with E-state index in [1.807, 2.05) is 25.1 Å². The number of rotatable bonds is 6. The molecular formula is C17H20FNO. The van der Waals surface area contributed by atoms with Gasteiger partial charge in [-0.15, -0.1) is 0 Å². The SMILES string of the molecule is C[C@@H](Nc1ccc(F)cc1)[C@H](O)CCc1ccccc1. The lowest BCUT2D eigenvalue weighted by atomic mass is 10.0. The molecule has 2 rings (SSSR count). The van der Waals surface area contributed by atoms with Crippen molar-refractivity contribution in [3.05, 3.63) is 66.0 Å². The van der Waals surface area contributed by atoms with Gasteiger partial charge in [-0.05, 0) is 49.6 Å². The summed E-state index contributed by atoms with van der Waals surface area (Å²) in [6.45, 7) is 1.93. The summed E-state index contributed by atoms with van der Waals surface area (Å²) in [7, 11) is 0. The molecule has 0 fully saturated rings. The fourth-order valence-corrected chi connectivity index (χ4v) is 2.11. The summed E-state index contributed by atoms with van der Waals surface area (Å²) in [5, 5.41) is 13.3. The lowest BCUT2D eigenvalue weighted by molar-refractivity contribution is 0.148. The molecule has 0 saturated carbocycles. The predicted molar refractivity (Wildman–Crippen MR) is 80.3 cm³/mol. The van der Waals surface area contributed by atoms with Crippen molar-refractivity contribution >= 4 is 5.69 Å². The molecule has 2 aromatic carbocycles. The quantitative estimate of drug-likeness (QED) is 0.842. The number of hydrogen-bond donors (Lipinski definition) is 2. The monoisotopic (exact) mass is 273 g/mol. The lowest BCUT2D eigenvalue weighted by Gasteiger charge is -2.21. The van der Waals surface area contributed by atoms with Crippen LogP contribution >= 0.6 is 0 Å². The normalized spacial score (nSPS) is 13.8. The van der Waals surface area contributed by atoms with Crippen molar-refractivity contribution in [3.63, 3.8) is 0 Å². The molecular weight excluding hydrogens is 253 g/mol. The van der Waals surface area contributed by atoms with Gasteiger partial charge in [-0.3, -0.25) is 0 Å². The van der Waals surface area contributed by atoms with Gasteiger partial charge in [0.25, 0.3) is 0 Å². The summed E-state index contributed by atoms with van der Waals surface area (Å²) < 4.78 is 12.8. The molecule has 0 radical (unpaired) electrons. The van der Waals surface area contributed by atoms with E-state index in [2.05, 4.69) is 17.4 Å². The molecule has 0 bridgehead atoms. The molecule has 2 atom stereocenters. The summed E-state index contributed by atoms with van der Waals surface area (Å²) in [4.78, 5) is 0. The van der Waals surface area contributed by atoms with Crippen molar-refractivity contribution in [1.82, 2.24) is 0 Å². The fraction of sp³-hybridized carbons (Fsp3) is 0.294. The highest BCUT2D eigenvalue weighted by Crippen LogP contribution is 2.13. The maximum Gasteiger partial charge on any atom is 0.123 e. The van der Waals surface area contributed by atoms with Crippen molar-refractivity contribution in [2.24, 2.45) is 0 Å². The van der Waals surface area contributed by atoms with Gasteiger partial charge in [0.1, 0.15) is 5.82 Å². The molecule has 0 aliphatic heterocycles. The highest BCUT2D eigenvalue weighted by Gasteiger charge is 2.13. The first-order valence-corrected chi connectivity index (χ1v) is 6.89. The summed E-state index contributed by atoms with van der Waals surface area (Å²) in [6, 6.07) is 16.2. The maximum atomic E-state index is 12.8. The third-order valence-electron chi connectivity index (χ3n) is 3.39. The van der Waals surface area contributed by atoms with Crippen molar-refractivity contribution < 1.29 is 9.50 Å². The van der Waals surface area contributed by atoms with Crippen LogP contribution in [0.3, 0.4) is 0 Å². The number of benzene rings is 2. The Morgan fingerprint density at radius 2 is 1.70 bits per heavy atom. The number of anilines is 1. The van der Waals surface area contributed by atoms with Gasteiger partial charge in [0.2, 0.25) is 0 Å². The van der Waals surface area contributed by atoms with E-state index in [1.165, 1.54) is 17.7 Å². The van der Waals surface area contributed by atoms with Crippen LogP contribution < -0.4 is 5.32 Å². The van der Waals surface area contributed by atoms with Crippen LogP contribution in [0.25, 0.3) is 0 Å². The first-order valence-electron chi connectivity index (χ1n) is 6.89. The molecule has 2 N–H and O–H groups in total. The highest BCUT2D eigenvalue weighted by atomic mass is 19.1. The van der Waals surface area contributed by atoms with E-state index in [9.17, 15) is 9.50 Å². The molecule has 20 heavy (non-hydrogen) atoms. The minimum absolute atomic E-state index is 0.0795. The Morgan fingerprint density at radius 3 is 2.35 bits per heavy atom. The van der Waals surface area contributed by atoms with E-state index < -0.39 is 6.10 Å². The van der Waals surface area contributed by atoms with Crippen molar-refractivity contribution in [1.29, 1.82) is 0 Å².